The van der Waals surface area contributed by atoms with Gasteiger partial charge < -0.3 is 5.32 Å². The van der Waals surface area contributed by atoms with E-state index in [2.05, 4.69) is 38.4 Å². The summed E-state index contributed by atoms with van der Waals surface area (Å²) in [4.78, 5) is 4.77. The molecule has 3 unspecified atom stereocenters. The average molecular weight is 252 g/mol. The fraction of sp³-hybridized carbons (Fsp3) is 0.786. The Morgan fingerprint density at radius 1 is 1.53 bits per heavy atom. The molecule has 0 bridgehead atoms. The van der Waals surface area contributed by atoms with Crippen LogP contribution >= 0.6 is 11.3 Å². The molecule has 2 rings (SSSR count). The lowest BCUT2D eigenvalue weighted by molar-refractivity contribution is 0.105. The van der Waals surface area contributed by atoms with Crippen molar-refractivity contribution >= 4 is 11.3 Å². The van der Waals surface area contributed by atoms with Gasteiger partial charge in [0.15, 0.2) is 0 Å². The third kappa shape index (κ3) is 2.27. The molecule has 1 aromatic rings. The Balaban J connectivity index is 2.37. The van der Waals surface area contributed by atoms with E-state index in [1.165, 1.54) is 24.3 Å². The Morgan fingerprint density at radius 3 is 2.88 bits per heavy atom. The van der Waals surface area contributed by atoms with Crippen LogP contribution in [-0.2, 0) is 5.54 Å². The smallest absolute Gasteiger partial charge is 0.113 e. The third-order valence-corrected chi connectivity index (χ3v) is 5.49. The van der Waals surface area contributed by atoms with Gasteiger partial charge in [-0.3, -0.25) is 0 Å². The van der Waals surface area contributed by atoms with Crippen LogP contribution in [0.2, 0.25) is 0 Å². The van der Waals surface area contributed by atoms with Crippen LogP contribution in [0, 0.1) is 18.8 Å². The number of hydrogen-bond donors (Lipinski definition) is 1. The van der Waals surface area contributed by atoms with E-state index >= 15 is 0 Å². The van der Waals surface area contributed by atoms with Crippen molar-refractivity contribution in [3.05, 3.63) is 16.1 Å². The van der Waals surface area contributed by atoms with Gasteiger partial charge in [-0.05, 0) is 31.7 Å². The molecule has 0 aliphatic heterocycles. The van der Waals surface area contributed by atoms with E-state index in [9.17, 15) is 0 Å². The largest absolute Gasteiger partial charge is 0.305 e. The molecule has 3 heteroatoms. The predicted octanol–water partition coefficient (Wildman–Crippen LogP) is 3.71. The van der Waals surface area contributed by atoms with Gasteiger partial charge in [-0.2, -0.15) is 0 Å². The molecule has 2 nitrogen and oxygen atoms in total. The quantitative estimate of drug-likeness (QED) is 0.887. The number of aryl methyl sites for hydroxylation is 1. The molecular weight excluding hydrogens is 228 g/mol. The van der Waals surface area contributed by atoms with Crippen LogP contribution in [0.25, 0.3) is 0 Å². The zero-order valence-electron chi connectivity index (χ0n) is 11.4. The molecule has 1 saturated carbocycles. The second-order valence-corrected chi connectivity index (χ2v) is 6.31. The molecular formula is C14H24N2S. The Kier molecular flexibility index (Phi) is 3.88. The van der Waals surface area contributed by atoms with E-state index in [-0.39, 0.29) is 5.54 Å². The van der Waals surface area contributed by atoms with E-state index < -0.39 is 0 Å². The molecule has 0 radical (unpaired) electrons. The molecule has 1 fully saturated rings. The van der Waals surface area contributed by atoms with Gasteiger partial charge in [0.05, 0.1) is 5.54 Å². The van der Waals surface area contributed by atoms with E-state index in [4.69, 9.17) is 4.98 Å². The maximum absolute atomic E-state index is 4.77. The Hall–Kier alpha value is -0.410. The Labute approximate surface area is 109 Å². The molecule has 0 saturated heterocycles. The second-order valence-electron chi connectivity index (χ2n) is 5.45. The van der Waals surface area contributed by atoms with Crippen molar-refractivity contribution in [2.75, 3.05) is 6.54 Å². The standard InChI is InChI=1S/C14H24N2S/c1-5-15-14(13-16-11(3)9-17-13)8-6-7-10(2)12(14)4/h9-10,12,15H,5-8H2,1-4H3. The average Bonchev–Trinajstić information content (AvgIpc) is 2.72. The van der Waals surface area contributed by atoms with Crippen molar-refractivity contribution in [3.63, 3.8) is 0 Å². The van der Waals surface area contributed by atoms with E-state index in [0.29, 0.717) is 5.92 Å². The SMILES string of the molecule is CCNC1(c2nc(C)cs2)CCCC(C)C1C. The Bertz CT molecular complexity index is 370. The van der Waals surface area contributed by atoms with Crippen LogP contribution in [0.15, 0.2) is 5.38 Å². The van der Waals surface area contributed by atoms with Crippen molar-refractivity contribution in [1.82, 2.24) is 10.3 Å². The first-order valence-corrected chi connectivity index (χ1v) is 7.65. The Morgan fingerprint density at radius 2 is 2.29 bits per heavy atom. The van der Waals surface area contributed by atoms with Crippen molar-refractivity contribution in [3.8, 4) is 0 Å². The predicted molar refractivity (Wildman–Crippen MR) is 74.4 cm³/mol. The van der Waals surface area contributed by atoms with Crippen LogP contribution in [0.4, 0.5) is 0 Å². The van der Waals surface area contributed by atoms with E-state index in [0.717, 1.165) is 18.2 Å². The minimum Gasteiger partial charge on any atom is -0.305 e. The van der Waals surface area contributed by atoms with Crippen molar-refractivity contribution in [2.45, 2.75) is 52.5 Å². The van der Waals surface area contributed by atoms with Crippen LogP contribution < -0.4 is 5.32 Å². The summed E-state index contributed by atoms with van der Waals surface area (Å²) in [7, 11) is 0. The summed E-state index contributed by atoms with van der Waals surface area (Å²) >= 11 is 1.83. The topological polar surface area (TPSA) is 24.9 Å². The highest BCUT2D eigenvalue weighted by molar-refractivity contribution is 7.09. The lowest BCUT2D eigenvalue weighted by Gasteiger charge is -2.45. The van der Waals surface area contributed by atoms with E-state index in [1.807, 2.05) is 11.3 Å². The summed E-state index contributed by atoms with van der Waals surface area (Å²) in [5.41, 5.74) is 1.29. The van der Waals surface area contributed by atoms with Crippen molar-refractivity contribution < 1.29 is 0 Å². The zero-order chi connectivity index (χ0) is 12.5. The fourth-order valence-corrected chi connectivity index (χ4v) is 4.27. The highest BCUT2D eigenvalue weighted by Crippen LogP contribution is 2.45. The normalized spacial score (nSPS) is 33.9. The van der Waals surface area contributed by atoms with Gasteiger partial charge >= 0.3 is 0 Å². The van der Waals surface area contributed by atoms with Crippen LogP contribution in [0.3, 0.4) is 0 Å². The van der Waals surface area contributed by atoms with Crippen LogP contribution in [0.5, 0.6) is 0 Å². The first-order valence-electron chi connectivity index (χ1n) is 6.77. The molecule has 1 heterocycles. The molecule has 0 spiro atoms. The number of hydrogen-bond acceptors (Lipinski definition) is 3. The number of rotatable bonds is 3. The number of thiazole rings is 1. The summed E-state index contributed by atoms with van der Waals surface area (Å²) in [6, 6.07) is 0. The first kappa shape index (κ1) is 13.0. The number of aromatic nitrogens is 1. The zero-order valence-corrected chi connectivity index (χ0v) is 12.2. The number of nitrogens with one attached hydrogen (secondary N) is 1. The van der Waals surface area contributed by atoms with Gasteiger partial charge in [0, 0.05) is 11.1 Å². The van der Waals surface area contributed by atoms with Gasteiger partial charge in [0.1, 0.15) is 5.01 Å². The summed E-state index contributed by atoms with van der Waals surface area (Å²) in [6.07, 6.45) is 3.91. The highest BCUT2D eigenvalue weighted by Gasteiger charge is 2.44. The minimum atomic E-state index is 0.130. The van der Waals surface area contributed by atoms with Crippen LogP contribution in [-0.4, -0.2) is 11.5 Å². The van der Waals surface area contributed by atoms with Gasteiger partial charge in [-0.1, -0.05) is 33.6 Å². The third-order valence-electron chi connectivity index (χ3n) is 4.35. The van der Waals surface area contributed by atoms with Crippen LogP contribution in [0.1, 0.15) is 50.7 Å². The lowest BCUT2D eigenvalue weighted by atomic mass is 9.68. The van der Waals surface area contributed by atoms with Crippen molar-refractivity contribution in [2.24, 2.45) is 11.8 Å². The lowest BCUT2D eigenvalue weighted by Crippen LogP contribution is -2.51. The van der Waals surface area contributed by atoms with Gasteiger partial charge in [0.2, 0.25) is 0 Å². The molecule has 1 aliphatic carbocycles. The van der Waals surface area contributed by atoms with Gasteiger partial charge in [-0.15, -0.1) is 11.3 Å². The monoisotopic (exact) mass is 252 g/mol. The molecule has 17 heavy (non-hydrogen) atoms. The summed E-state index contributed by atoms with van der Waals surface area (Å²) < 4.78 is 0. The molecule has 3 atom stereocenters. The molecule has 96 valence electrons. The van der Waals surface area contributed by atoms with Crippen molar-refractivity contribution in [1.29, 1.82) is 0 Å². The minimum absolute atomic E-state index is 0.130. The summed E-state index contributed by atoms with van der Waals surface area (Å²) in [5.74, 6) is 1.45. The van der Waals surface area contributed by atoms with Gasteiger partial charge in [-0.25, -0.2) is 4.98 Å². The highest BCUT2D eigenvalue weighted by atomic mass is 32.1. The fourth-order valence-electron chi connectivity index (χ4n) is 3.17. The second kappa shape index (κ2) is 5.07. The molecule has 0 aromatic carbocycles. The van der Waals surface area contributed by atoms with E-state index in [1.54, 1.807) is 0 Å². The maximum Gasteiger partial charge on any atom is 0.113 e. The molecule has 0 amide bonds. The molecule has 1 N–H and O–H groups in total. The molecule has 1 aliphatic rings. The molecule has 1 aromatic heterocycles. The first-order chi connectivity index (χ1) is 8.10. The number of nitrogens with zero attached hydrogens (tertiary/aromatic N) is 1. The summed E-state index contributed by atoms with van der Waals surface area (Å²) in [5, 5.41) is 7.24. The van der Waals surface area contributed by atoms with Gasteiger partial charge in [0.25, 0.3) is 0 Å². The summed E-state index contributed by atoms with van der Waals surface area (Å²) in [6.45, 7) is 10.1. The maximum atomic E-state index is 4.77.